The summed E-state index contributed by atoms with van der Waals surface area (Å²) in [5.74, 6) is 1.37. The summed E-state index contributed by atoms with van der Waals surface area (Å²) in [6, 6.07) is 2.02. The highest BCUT2D eigenvalue weighted by Gasteiger charge is 2.58. The largest absolute Gasteiger partial charge is 0.355 e. The lowest BCUT2D eigenvalue weighted by Gasteiger charge is -2.24. The van der Waals surface area contributed by atoms with Gasteiger partial charge in [0.1, 0.15) is 11.5 Å². The van der Waals surface area contributed by atoms with Gasteiger partial charge in [-0.1, -0.05) is 0 Å². The summed E-state index contributed by atoms with van der Waals surface area (Å²) in [5, 5.41) is 2.69. The first-order valence-electron chi connectivity index (χ1n) is 10.8. The van der Waals surface area contributed by atoms with Gasteiger partial charge in [-0.25, -0.2) is 19.3 Å². The van der Waals surface area contributed by atoms with Crippen LogP contribution in [0.3, 0.4) is 0 Å². The molecule has 1 N–H and O–H groups in total. The van der Waals surface area contributed by atoms with Crippen LogP contribution in [0.1, 0.15) is 29.0 Å². The number of nitrogens with one attached hydrogen (secondary N) is 1. The van der Waals surface area contributed by atoms with Gasteiger partial charge >= 0.3 is 0 Å². The Bertz CT molecular complexity index is 1140. The molecule has 8 nitrogen and oxygen atoms in total. The lowest BCUT2D eigenvalue weighted by atomic mass is 10.3. The molecule has 0 radical (unpaired) electrons. The van der Waals surface area contributed by atoms with Crippen LogP contribution in [-0.4, -0.2) is 62.4 Å². The van der Waals surface area contributed by atoms with E-state index in [-0.39, 0.29) is 11.3 Å². The van der Waals surface area contributed by atoms with Crippen LogP contribution in [0.2, 0.25) is 0 Å². The maximum Gasteiger partial charge on any atom is 0.275 e. The number of aromatic nitrogens is 4. The number of piperidine rings is 1. The molecule has 3 aromatic rings. The fourth-order valence-electron chi connectivity index (χ4n) is 5.31. The minimum atomic E-state index is -0.493. The third-order valence-electron chi connectivity index (χ3n) is 6.79. The molecule has 5 heterocycles. The zero-order valence-corrected chi connectivity index (χ0v) is 17.3. The molecule has 0 aromatic carbocycles. The summed E-state index contributed by atoms with van der Waals surface area (Å²) in [6.07, 6.45) is 9.15. The van der Waals surface area contributed by atoms with Gasteiger partial charge in [0, 0.05) is 37.6 Å². The Labute approximate surface area is 179 Å². The van der Waals surface area contributed by atoms with Gasteiger partial charge in [0.05, 0.1) is 23.8 Å². The van der Waals surface area contributed by atoms with Crippen LogP contribution < -0.4 is 10.2 Å². The Morgan fingerprint density at radius 3 is 2.61 bits per heavy atom. The number of anilines is 2. The van der Waals surface area contributed by atoms with Crippen LogP contribution in [0.15, 0.2) is 30.9 Å². The van der Waals surface area contributed by atoms with E-state index in [1.807, 2.05) is 0 Å². The molecule has 160 valence electrons. The highest BCUT2D eigenvalue weighted by atomic mass is 19.1. The second-order valence-corrected chi connectivity index (χ2v) is 8.87. The molecular formula is C22H24FN7O. The first-order chi connectivity index (χ1) is 15.1. The Kier molecular flexibility index (Phi) is 4.21. The molecular weight excluding hydrogens is 397 g/mol. The summed E-state index contributed by atoms with van der Waals surface area (Å²) < 4.78 is 15.8. The van der Waals surface area contributed by atoms with E-state index in [9.17, 15) is 9.18 Å². The number of nitrogens with zero attached hydrogens (tertiary/aromatic N) is 6. The molecule has 3 atom stereocenters. The van der Waals surface area contributed by atoms with Gasteiger partial charge in [0.15, 0.2) is 11.5 Å². The first kappa shape index (κ1) is 18.7. The van der Waals surface area contributed by atoms with Gasteiger partial charge in [-0.2, -0.15) is 0 Å². The van der Waals surface area contributed by atoms with Gasteiger partial charge in [-0.3, -0.25) is 9.69 Å². The Morgan fingerprint density at radius 2 is 1.90 bits per heavy atom. The molecule has 3 aliphatic rings. The molecule has 2 saturated heterocycles. The van der Waals surface area contributed by atoms with Crippen molar-refractivity contribution in [2.45, 2.75) is 25.8 Å². The Balaban J connectivity index is 1.11. The summed E-state index contributed by atoms with van der Waals surface area (Å²) in [5.41, 5.74) is 1.47. The normalized spacial score (nSPS) is 25.2. The molecule has 3 fully saturated rings. The minimum Gasteiger partial charge on any atom is -0.355 e. The van der Waals surface area contributed by atoms with Crippen molar-refractivity contribution < 1.29 is 9.18 Å². The number of aryl methyl sites for hydroxylation is 1. The first-order valence-corrected chi connectivity index (χ1v) is 10.8. The molecule has 2 aliphatic heterocycles. The predicted molar refractivity (Wildman–Crippen MR) is 114 cm³/mol. The van der Waals surface area contributed by atoms with E-state index in [0.29, 0.717) is 11.4 Å². The summed E-state index contributed by atoms with van der Waals surface area (Å²) >= 11 is 0. The number of hydrogen-bond donors (Lipinski definition) is 1. The van der Waals surface area contributed by atoms with Crippen molar-refractivity contribution in [2.75, 3.05) is 36.4 Å². The molecule has 3 aromatic heterocycles. The maximum atomic E-state index is 14.2. The number of hydrogen-bond acceptors (Lipinski definition) is 6. The average Bonchev–Trinajstić information content (AvgIpc) is 3.23. The number of amides is 1. The fourth-order valence-corrected chi connectivity index (χ4v) is 5.31. The van der Waals surface area contributed by atoms with Crippen molar-refractivity contribution in [1.29, 1.82) is 0 Å². The molecule has 0 spiro atoms. The number of fused-ring (bicyclic) bond motifs is 2. The smallest absolute Gasteiger partial charge is 0.275 e. The molecule has 6 rings (SSSR count). The van der Waals surface area contributed by atoms with Crippen molar-refractivity contribution in [3.8, 4) is 0 Å². The van der Waals surface area contributed by atoms with E-state index in [1.165, 1.54) is 38.2 Å². The summed E-state index contributed by atoms with van der Waals surface area (Å²) in [7, 11) is 0. The highest BCUT2D eigenvalue weighted by molar-refractivity contribution is 6.02. The van der Waals surface area contributed by atoms with Crippen LogP contribution in [0.4, 0.5) is 15.9 Å². The van der Waals surface area contributed by atoms with Crippen LogP contribution in [0.25, 0.3) is 5.65 Å². The molecule has 31 heavy (non-hydrogen) atoms. The van der Waals surface area contributed by atoms with Crippen molar-refractivity contribution in [3.63, 3.8) is 0 Å². The third-order valence-corrected chi connectivity index (χ3v) is 6.79. The predicted octanol–water partition coefficient (Wildman–Crippen LogP) is 2.35. The van der Waals surface area contributed by atoms with E-state index < -0.39 is 11.7 Å². The molecule has 9 heteroatoms. The number of halogens is 1. The third kappa shape index (κ3) is 3.23. The van der Waals surface area contributed by atoms with Crippen molar-refractivity contribution in [2.24, 2.45) is 11.8 Å². The topological polar surface area (TPSA) is 78.7 Å². The van der Waals surface area contributed by atoms with E-state index in [1.54, 1.807) is 29.9 Å². The quantitative estimate of drug-likeness (QED) is 0.697. The van der Waals surface area contributed by atoms with Gasteiger partial charge in [0.2, 0.25) is 0 Å². The molecule has 1 saturated carbocycles. The number of carbonyl (C=O) groups is 1. The standard InChI is InChI=1S/C22H24FN7O/c1-13-9-30-10-14(6-17(23)21(30)26-13)27-22(31)18-7-25-19(8-24-18)29-11-15-16(12-29)20(15)28-4-2-3-5-28/h6-10,15-16,20H,2-5,11-12H2,1H3,(H,27,31)/t15-,16+,20-. The van der Waals surface area contributed by atoms with E-state index in [0.717, 1.165) is 36.8 Å². The molecule has 1 aliphatic carbocycles. The van der Waals surface area contributed by atoms with Gasteiger partial charge in [0.25, 0.3) is 5.91 Å². The number of imidazole rings is 1. The van der Waals surface area contributed by atoms with Crippen molar-refractivity contribution in [3.05, 3.63) is 48.1 Å². The fraction of sp³-hybridized carbons (Fsp3) is 0.455. The lowest BCUT2D eigenvalue weighted by Crippen LogP contribution is -2.33. The van der Waals surface area contributed by atoms with Crippen LogP contribution in [0.5, 0.6) is 0 Å². The lowest BCUT2D eigenvalue weighted by molar-refractivity contribution is 0.102. The zero-order valence-electron chi connectivity index (χ0n) is 17.3. The van der Waals surface area contributed by atoms with Crippen LogP contribution in [-0.2, 0) is 0 Å². The van der Waals surface area contributed by atoms with E-state index >= 15 is 0 Å². The van der Waals surface area contributed by atoms with E-state index in [4.69, 9.17) is 0 Å². The number of rotatable bonds is 4. The summed E-state index contributed by atoms with van der Waals surface area (Å²) in [6.45, 7) is 6.31. The second kappa shape index (κ2) is 6.98. The van der Waals surface area contributed by atoms with Gasteiger partial charge in [-0.15, -0.1) is 0 Å². The Hall–Kier alpha value is -3.07. The minimum absolute atomic E-state index is 0.199. The van der Waals surface area contributed by atoms with Crippen molar-refractivity contribution in [1.82, 2.24) is 24.3 Å². The Morgan fingerprint density at radius 1 is 1.13 bits per heavy atom. The maximum absolute atomic E-state index is 14.2. The molecule has 1 amide bonds. The van der Waals surface area contributed by atoms with E-state index in [2.05, 4.69) is 30.1 Å². The van der Waals surface area contributed by atoms with Crippen molar-refractivity contribution >= 4 is 23.1 Å². The molecule has 0 bridgehead atoms. The monoisotopic (exact) mass is 421 g/mol. The SMILES string of the molecule is Cc1cn2cc(NC(=O)c3cnc(N4C[C@@H]5[C@H](C4)[C@@H]5N4CCCC4)cn3)cc(F)c2n1. The van der Waals surface area contributed by atoms with Gasteiger partial charge in [-0.05, 0) is 44.7 Å². The van der Waals surface area contributed by atoms with Gasteiger partial charge < -0.3 is 14.6 Å². The molecule has 0 unspecified atom stereocenters. The van der Waals surface area contributed by atoms with Crippen LogP contribution >= 0.6 is 0 Å². The highest BCUT2D eigenvalue weighted by Crippen LogP contribution is 2.50. The average molecular weight is 421 g/mol. The number of pyridine rings is 1. The zero-order chi connectivity index (χ0) is 21.1. The number of likely N-dealkylation sites (tertiary alicyclic amines) is 1. The second-order valence-electron chi connectivity index (χ2n) is 8.87. The number of carbonyl (C=O) groups excluding carboxylic acids is 1. The summed E-state index contributed by atoms with van der Waals surface area (Å²) in [4.78, 5) is 30.4. The van der Waals surface area contributed by atoms with Crippen LogP contribution in [0, 0.1) is 24.6 Å².